The Morgan fingerprint density at radius 2 is 1.76 bits per heavy atom. The first-order chi connectivity index (χ1) is 14.0. The standard InChI is InChI=1S/C22H28N2O5/c1-17(22(27)23-13-6-14-25)24(15-18-9-11-19(28-2)12-10-18)21(26)16-29-20-7-4-3-5-8-20/h3-5,7-12,17,25H,6,13-16H2,1-2H3,(H,23,27)/t17-/m1/s1. The number of para-hydroxylation sites is 1. The molecule has 0 bridgehead atoms. The summed E-state index contributed by atoms with van der Waals surface area (Å²) in [6, 6.07) is 15.7. The van der Waals surface area contributed by atoms with E-state index in [4.69, 9.17) is 14.6 Å². The van der Waals surface area contributed by atoms with Crippen molar-refractivity contribution in [3.63, 3.8) is 0 Å². The maximum Gasteiger partial charge on any atom is 0.261 e. The van der Waals surface area contributed by atoms with Crippen LogP contribution < -0.4 is 14.8 Å². The van der Waals surface area contributed by atoms with E-state index >= 15 is 0 Å². The number of carbonyl (C=O) groups is 2. The summed E-state index contributed by atoms with van der Waals surface area (Å²) in [5, 5.41) is 11.6. The molecule has 0 aromatic heterocycles. The minimum atomic E-state index is -0.692. The number of hydrogen-bond donors (Lipinski definition) is 2. The largest absolute Gasteiger partial charge is 0.497 e. The summed E-state index contributed by atoms with van der Waals surface area (Å²) in [4.78, 5) is 26.8. The highest BCUT2D eigenvalue weighted by Crippen LogP contribution is 2.16. The van der Waals surface area contributed by atoms with E-state index in [2.05, 4.69) is 5.32 Å². The molecule has 0 saturated carbocycles. The topological polar surface area (TPSA) is 88.1 Å². The van der Waals surface area contributed by atoms with Crippen LogP contribution in [0.3, 0.4) is 0 Å². The van der Waals surface area contributed by atoms with E-state index in [-0.39, 0.29) is 31.6 Å². The summed E-state index contributed by atoms with van der Waals surface area (Å²) in [5.41, 5.74) is 0.869. The quantitative estimate of drug-likeness (QED) is 0.563. The van der Waals surface area contributed by atoms with Gasteiger partial charge in [-0.3, -0.25) is 9.59 Å². The van der Waals surface area contributed by atoms with Crippen LogP contribution in [0.5, 0.6) is 11.5 Å². The summed E-state index contributed by atoms with van der Waals surface area (Å²) in [6.07, 6.45) is 0.460. The highest BCUT2D eigenvalue weighted by Gasteiger charge is 2.26. The smallest absolute Gasteiger partial charge is 0.261 e. The normalized spacial score (nSPS) is 11.4. The number of benzene rings is 2. The van der Waals surface area contributed by atoms with Crippen molar-refractivity contribution >= 4 is 11.8 Å². The first kappa shape index (κ1) is 22.2. The molecule has 0 saturated heterocycles. The number of aliphatic hydroxyl groups excluding tert-OH is 1. The third-order valence-corrected chi connectivity index (χ3v) is 4.42. The van der Waals surface area contributed by atoms with Crippen molar-refractivity contribution in [3.05, 3.63) is 60.2 Å². The maximum absolute atomic E-state index is 12.9. The van der Waals surface area contributed by atoms with E-state index in [9.17, 15) is 9.59 Å². The summed E-state index contributed by atoms with van der Waals surface area (Å²) in [5.74, 6) is 0.730. The van der Waals surface area contributed by atoms with Gasteiger partial charge in [0, 0.05) is 19.7 Å². The second-order valence-electron chi connectivity index (χ2n) is 6.52. The lowest BCUT2D eigenvalue weighted by Gasteiger charge is -2.28. The molecule has 0 unspecified atom stereocenters. The fourth-order valence-corrected chi connectivity index (χ4v) is 2.69. The second kappa shape index (κ2) is 11.7. The minimum Gasteiger partial charge on any atom is -0.497 e. The first-order valence-corrected chi connectivity index (χ1v) is 9.54. The molecule has 29 heavy (non-hydrogen) atoms. The third-order valence-electron chi connectivity index (χ3n) is 4.42. The van der Waals surface area contributed by atoms with Crippen LogP contribution in [0.2, 0.25) is 0 Å². The summed E-state index contributed by atoms with van der Waals surface area (Å²) >= 11 is 0. The maximum atomic E-state index is 12.9. The molecule has 2 aromatic rings. The highest BCUT2D eigenvalue weighted by atomic mass is 16.5. The van der Waals surface area contributed by atoms with Crippen LogP contribution >= 0.6 is 0 Å². The molecule has 2 N–H and O–H groups in total. The number of aliphatic hydroxyl groups is 1. The van der Waals surface area contributed by atoms with Crippen LogP contribution in [0.25, 0.3) is 0 Å². The van der Waals surface area contributed by atoms with E-state index in [0.29, 0.717) is 24.5 Å². The SMILES string of the molecule is COc1ccc(CN(C(=O)COc2ccccc2)[C@H](C)C(=O)NCCCO)cc1. The Morgan fingerprint density at radius 1 is 1.07 bits per heavy atom. The fourth-order valence-electron chi connectivity index (χ4n) is 2.69. The second-order valence-corrected chi connectivity index (χ2v) is 6.52. The van der Waals surface area contributed by atoms with Crippen molar-refractivity contribution in [1.82, 2.24) is 10.2 Å². The molecule has 0 aliphatic carbocycles. The van der Waals surface area contributed by atoms with E-state index in [1.165, 1.54) is 4.90 Å². The van der Waals surface area contributed by atoms with Gasteiger partial charge in [-0.05, 0) is 43.2 Å². The van der Waals surface area contributed by atoms with Crippen LogP contribution in [0.15, 0.2) is 54.6 Å². The molecule has 0 aliphatic heterocycles. The van der Waals surface area contributed by atoms with Gasteiger partial charge in [0.25, 0.3) is 5.91 Å². The van der Waals surface area contributed by atoms with Crippen molar-refractivity contribution < 1.29 is 24.2 Å². The monoisotopic (exact) mass is 400 g/mol. The molecule has 7 heteroatoms. The van der Waals surface area contributed by atoms with Gasteiger partial charge >= 0.3 is 0 Å². The molecule has 7 nitrogen and oxygen atoms in total. The van der Waals surface area contributed by atoms with Crippen molar-refractivity contribution in [2.75, 3.05) is 26.9 Å². The van der Waals surface area contributed by atoms with Gasteiger partial charge in [-0.2, -0.15) is 0 Å². The number of amides is 2. The number of hydrogen-bond acceptors (Lipinski definition) is 5. The third kappa shape index (κ3) is 7.12. The van der Waals surface area contributed by atoms with Gasteiger partial charge in [-0.1, -0.05) is 30.3 Å². The highest BCUT2D eigenvalue weighted by molar-refractivity contribution is 5.87. The zero-order chi connectivity index (χ0) is 21.1. The van der Waals surface area contributed by atoms with Crippen molar-refractivity contribution in [1.29, 1.82) is 0 Å². The van der Waals surface area contributed by atoms with Gasteiger partial charge in [0.1, 0.15) is 17.5 Å². The number of ether oxygens (including phenoxy) is 2. The van der Waals surface area contributed by atoms with Crippen LogP contribution in [-0.4, -0.2) is 54.7 Å². The molecule has 156 valence electrons. The zero-order valence-electron chi connectivity index (χ0n) is 16.8. The molecule has 2 aromatic carbocycles. The summed E-state index contributed by atoms with van der Waals surface area (Å²) in [7, 11) is 1.59. The van der Waals surface area contributed by atoms with Crippen LogP contribution in [0, 0.1) is 0 Å². The molecule has 0 aliphatic rings. The summed E-state index contributed by atoms with van der Waals surface area (Å²) < 4.78 is 10.7. The van der Waals surface area contributed by atoms with E-state index in [1.807, 2.05) is 42.5 Å². The Labute approximate surface area is 171 Å². The Kier molecular flexibility index (Phi) is 8.98. The number of carbonyl (C=O) groups excluding carboxylic acids is 2. The predicted octanol–water partition coefficient (Wildman–Crippen LogP) is 1.99. The lowest BCUT2D eigenvalue weighted by molar-refractivity contribution is -0.142. The Bertz CT molecular complexity index is 765. The van der Waals surface area contributed by atoms with Gasteiger partial charge in [0.05, 0.1) is 7.11 Å². The molecule has 0 spiro atoms. The number of methoxy groups -OCH3 is 1. The van der Waals surface area contributed by atoms with Crippen molar-refractivity contribution in [2.24, 2.45) is 0 Å². The molecular weight excluding hydrogens is 372 g/mol. The number of nitrogens with zero attached hydrogens (tertiary/aromatic N) is 1. The molecule has 2 rings (SSSR count). The average Bonchev–Trinajstić information content (AvgIpc) is 2.76. The van der Waals surface area contributed by atoms with E-state index in [1.54, 1.807) is 26.2 Å². The van der Waals surface area contributed by atoms with Crippen molar-refractivity contribution in [2.45, 2.75) is 25.9 Å². The van der Waals surface area contributed by atoms with Crippen molar-refractivity contribution in [3.8, 4) is 11.5 Å². The van der Waals surface area contributed by atoms with Crippen LogP contribution in [0.4, 0.5) is 0 Å². The zero-order valence-corrected chi connectivity index (χ0v) is 16.8. The molecule has 1 atom stereocenters. The Hall–Kier alpha value is -3.06. The van der Waals surface area contributed by atoms with Crippen LogP contribution in [-0.2, 0) is 16.1 Å². The molecule has 0 heterocycles. The van der Waals surface area contributed by atoms with Gasteiger partial charge in [-0.15, -0.1) is 0 Å². The lowest BCUT2D eigenvalue weighted by Crippen LogP contribution is -2.49. The lowest BCUT2D eigenvalue weighted by atomic mass is 10.1. The molecular formula is C22H28N2O5. The minimum absolute atomic E-state index is 0.00588. The van der Waals surface area contributed by atoms with Gasteiger partial charge in [-0.25, -0.2) is 0 Å². The molecule has 0 fully saturated rings. The number of rotatable bonds is 11. The number of nitrogens with one attached hydrogen (secondary N) is 1. The van der Waals surface area contributed by atoms with Gasteiger partial charge in [0.2, 0.25) is 5.91 Å². The van der Waals surface area contributed by atoms with E-state index < -0.39 is 6.04 Å². The fraction of sp³-hybridized carbons (Fsp3) is 0.364. The molecule has 0 radical (unpaired) electrons. The Balaban J connectivity index is 2.09. The first-order valence-electron chi connectivity index (χ1n) is 9.54. The molecule has 2 amide bonds. The van der Waals surface area contributed by atoms with Gasteiger partial charge in [0.15, 0.2) is 6.61 Å². The Morgan fingerprint density at radius 3 is 2.38 bits per heavy atom. The predicted molar refractivity (Wildman–Crippen MR) is 110 cm³/mol. The summed E-state index contributed by atoms with van der Waals surface area (Å²) in [6.45, 7) is 2.11. The average molecular weight is 400 g/mol. The van der Waals surface area contributed by atoms with Crippen LogP contribution in [0.1, 0.15) is 18.9 Å². The van der Waals surface area contributed by atoms with Gasteiger partial charge < -0.3 is 24.8 Å². The van der Waals surface area contributed by atoms with E-state index in [0.717, 1.165) is 5.56 Å².